The molecule has 0 saturated heterocycles. The van der Waals surface area contributed by atoms with Crippen molar-refractivity contribution in [2.24, 2.45) is 0 Å². The number of nitrogens with zero attached hydrogens (tertiary/aromatic N) is 2. The quantitative estimate of drug-likeness (QED) is 0.799. The second kappa shape index (κ2) is 6.22. The Kier molecular flexibility index (Phi) is 4.38. The average Bonchev–Trinajstić information content (AvgIpc) is 2.41. The number of carbonyl (C=O) groups excluding carboxylic acids is 1. The molecule has 2 aromatic rings. The van der Waals surface area contributed by atoms with E-state index >= 15 is 0 Å². The first-order chi connectivity index (χ1) is 9.56. The molecule has 1 heterocycles. The van der Waals surface area contributed by atoms with E-state index in [2.05, 4.69) is 22.0 Å². The van der Waals surface area contributed by atoms with Crippen LogP contribution in [-0.2, 0) is 11.2 Å². The number of hydrogen-bond acceptors (Lipinski definition) is 3. The molecule has 0 N–H and O–H groups in total. The predicted molar refractivity (Wildman–Crippen MR) is 69.0 cm³/mol. The number of halogens is 3. The van der Waals surface area contributed by atoms with E-state index in [0.717, 1.165) is 12.1 Å². The molecule has 0 aliphatic carbocycles. The monoisotopic (exact) mass is 292 g/mol. The highest BCUT2D eigenvalue weighted by Crippen LogP contribution is 2.10. The predicted octanol–water partition coefficient (Wildman–Crippen LogP) is 2.57. The van der Waals surface area contributed by atoms with E-state index in [9.17, 15) is 13.6 Å². The number of benzene rings is 1. The van der Waals surface area contributed by atoms with Gasteiger partial charge < -0.3 is 0 Å². The molecule has 100 valence electrons. The van der Waals surface area contributed by atoms with Crippen LogP contribution in [0.1, 0.15) is 11.3 Å². The standard InChI is InChI=1S/C14H7ClF2N2O/c15-14-7-4-9(18-19-14)8-10(20)5-6-11-12(16)2-1-3-13(11)17/h1-4,7H,8H2. The van der Waals surface area contributed by atoms with E-state index in [-0.39, 0.29) is 11.6 Å². The summed E-state index contributed by atoms with van der Waals surface area (Å²) in [7, 11) is 0. The average molecular weight is 293 g/mol. The maximum absolute atomic E-state index is 13.3. The minimum Gasteiger partial charge on any atom is -0.284 e. The van der Waals surface area contributed by atoms with E-state index in [4.69, 9.17) is 11.6 Å². The topological polar surface area (TPSA) is 42.9 Å². The van der Waals surface area contributed by atoms with Crippen molar-refractivity contribution < 1.29 is 13.6 Å². The van der Waals surface area contributed by atoms with Gasteiger partial charge in [-0.25, -0.2) is 8.78 Å². The SMILES string of the molecule is O=C(C#Cc1c(F)cccc1F)Cc1ccc(Cl)nn1. The van der Waals surface area contributed by atoms with Gasteiger partial charge in [-0.15, -0.1) is 5.10 Å². The lowest BCUT2D eigenvalue weighted by atomic mass is 10.1. The Hall–Kier alpha value is -2.32. The maximum Gasteiger partial charge on any atom is 0.211 e. The van der Waals surface area contributed by atoms with E-state index in [0.29, 0.717) is 5.69 Å². The van der Waals surface area contributed by atoms with Crippen molar-refractivity contribution in [3.8, 4) is 11.8 Å². The van der Waals surface area contributed by atoms with Gasteiger partial charge in [-0.3, -0.25) is 4.79 Å². The Balaban J connectivity index is 2.13. The Morgan fingerprint density at radius 1 is 1.15 bits per heavy atom. The highest BCUT2D eigenvalue weighted by molar-refractivity contribution is 6.29. The molecule has 0 unspecified atom stereocenters. The number of hydrogen-bond donors (Lipinski definition) is 0. The largest absolute Gasteiger partial charge is 0.284 e. The van der Waals surface area contributed by atoms with Crippen LogP contribution in [0.5, 0.6) is 0 Å². The normalized spacial score (nSPS) is 9.75. The molecule has 0 amide bonds. The fourth-order valence-electron chi connectivity index (χ4n) is 1.40. The third-order valence-corrected chi connectivity index (χ3v) is 2.52. The molecule has 0 bridgehead atoms. The van der Waals surface area contributed by atoms with Gasteiger partial charge in [-0.2, -0.15) is 5.10 Å². The van der Waals surface area contributed by atoms with Gasteiger partial charge in [0.25, 0.3) is 0 Å². The van der Waals surface area contributed by atoms with E-state index in [1.54, 1.807) is 0 Å². The second-order valence-corrected chi connectivity index (χ2v) is 4.18. The number of rotatable bonds is 2. The molecule has 1 aromatic heterocycles. The van der Waals surface area contributed by atoms with Crippen LogP contribution in [0.3, 0.4) is 0 Å². The van der Waals surface area contributed by atoms with Crippen molar-refractivity contribution in [3.63, 3.8) is 0 Å². The summed E-state index contributed by atoms with van der Waals surface area (Å²) < 4.78 is 26.6. The first kappa shape index (κ1) is 14.1. The number of ketones is 1. The summed E-state index contributed by atoms with van der Waals surface area (Å²) in [6, 6.07) is 6.38. The Morgan fingerprint density at radius 2 is 1.85 bits per heavy atom. The van der Waals surface area contributed by atoms with E-state index in [1.165, 1.54) is 18.2 Å². The summed E-state index contributed by atoms with van der Waals surface area (Å²) in [4.78, 5) is 11.6. The van der Waals surface area contributed by atoms with Crippen LogP contribution >= 0.6 is 11.6 Å². The van der Waals surface area contributed by atoms with Gasteiger partial charge in [-0.1, -0.05) is 23.6 Å². The molecule has 0 fully saturated rings. The van der Waals surface area contributed by atoms with Gasteiger partial charge in [0.2, 0.25) is 5.78 Å². The van der Waals surface area contributed by atoms with Gasteiger partial charge in [0.1, 0.15) is 11.6 Å². The molecule has 0 spiro atoms. The second-order valence-electron chi connectivity index (χ2n) is 3.79. The first-order valence-corrected chi connectivity index (χ1v) is 5.91. The molecule has 0 aliphatic rings. The number of carbonyl (C=O) groups is 1. The third kappa shape index (κ3) is 3.59. The molecule has 3 nitrogen and oxygen atoms in total. The smallest absolute Gasteiger partial charge is 0.211 e. The van der Waals surface area contributed by atoms with Crippen molar-refractivity contribution in [2.75, 3.05) is 0 Å². The van der Waals surface area contributed by atoms with Crippen LogP contribution in [0, 0.1) is 23.5 Å². The lowest BCUT2D eigenvalue weighted by Gasteiger charge is -1.96. The number of Topliss-reactive ketones (excluding diaryl/α,β-unsaturated/α-hetero) is 1. The van der Waals surface area contributed by atoms with Crippen LogP contribution in [-0.4, -0.2) is 16.0 Å². The Morgan fingerprint density at radius 3 is 2.45 bits per heavy atom. The minimum atomic E-state index is -0.809. The summed E-state index contributed by atoms with van der Waals surface area (Å²) in [6.07, 6.45) is -0.104. The van der Waals surface area contributed by atoms with Gasteiger partial charge in [0.05, 0.1) is 17.7 Å². The minimum absolute atomic E-state index is 0.104. The van der Waals surface area contributed by atoms with Gasteiger partial charge >= 0.3 is 0 Å². The van der Waals surface area contributed by atoms with Crippen molar-refractivity contribution >= 4 is 17.4 Å². The zero-order valence-corrected chi connectivity index (χ0v) is 10.8. The summed E-state index contributed by atoms with van der Waals surface area (Å²) in [6.45, 7) is 0. The summed E-state index contributed by atoms with van der Waals surface area (Å²) >= 11 is 5.55. The van der Waals surface area contributed by atoms with Crippen molar-refractivity contribution in [3.05, 3.63) is 58.4 Å². The zero-order chi connectivity index (χ0) is 14.5. The fraction of sp³-hybridized carbons (Fsp3) is 0.0714. The molecule has 0 radical (unpaired) electrons. The molecule has 2 rings (SSSR count). The molecule has 0 saturated carbocycles. The lowest BCUT2D eigenvalue weighted by Crippen LogP contribution is -2.02. The molecule has 0 atom stereocenters. The maximum atomic E-state index is 13.3. The van der Waals surface area contributed by atoms with Crippen molar-refractivity contribution in [1.82, 2.24) is 10.2 Å². The Bertz CT molecular complexity index is 685. The van der Waals surface area contributed by atoms with E-state index < -0.39 is 23.0 Å². The third-order valence-electron chi connectivity index (χ3n) is 2.32. The lowest BCUT2D eigenvalue weighted by molar-refractivity contribution is -0.113. The van der Waals surface area contributed by atoms with Gasteiger partial charge in [-0.05, 0) is 30.2 Å². The molecule has 0 aliphatic heterocycles. The highest BCUT2D eigenvalue weighted by atomic mass is 35.5. The van der Waals surface area contributed by atoms with Crippen molar-refractivity contribution in [1.29, 1.82) is 0 Å². The van der Waals surface area contributed by atoms with Crippen LogP contribution in [0.25, 0.3) is 0 Å². The zero-order valence-electron chi connectivity index (χ0n) is 10.0. The fourth-order valence-corrected chi connectivity index (χ4v) is 1.50. The van der Waals surface area contributed by atoms with Gasteiger partial charge in [0, 0.05) is 0 Å². The van der Waals surface area contributed by atoms with Crippen LogP contribution in [0.4, 0.5) is 8.78 Å². The van der Waals surface area contributed by atoms with Crippen LogP contribution in [0.15, 0.2) is 30.3 Å². The Labute approximate surface area is 118 Å². The summed E-state index contributed by atoms with van der Waals surface area (Å²) in [5.74, 6) is 2.22. The van der Waals surface area contributed by atoms with Crippen LogP contribution < -0.4 is 0 Å². The van der Waals surface area contributed by atoms with Crippen molar-refractivity contribution in [2.45, 2.75) is 6.42 Å². The molecular weight excluding hydrogens is 286 g/mol. The summed E-state index contributed by atoms with van der Waals surface area (Å²) in [5.41, 5.74) is -0.0502. The van der Waals surface area contributed by atoms with E-state index in [1.807, 2.05) is 0 Å². The molecular formula is C14H7ClF2N2O. The molecule has 20 heavy (non-hydrogen) atoms. The summed E-state index contributed by atoms with van der Waals surface area (Å²) in [5, 5.41) is 7.47. The van der Waals surface area contributed by atoms with Crippen LogP contribution in [0.2, 0.25) is 5.15 Å². The highest BCUT2D eigenvalue weighted by Gasteiger charge is 2.06. The molecule has 6 heteroatoms. The molecule has 1 aromatic carbocycles. The number of aromatic nitrogens is 2. The first-order valence-electron chi connectivity index (χ1n) is 5.53. The van der Waals surface area contributed by atoms with Gasteiger partial charge in [0.15, 0.2) is 5.15 Å².